The minimum absolute atomic E-state index is 0.0134. The summed E-state index contributed by atoms with van der Waals surface area (Å²) in [4.78, 5) is 24.1. The van der Waals surface area contributed by atoms with Crippen LogP contribution in [0.5, 0.6) is 11.5 Å². The fraction of sp³-hybridized carbons (Fsp3) is 0.364. The molecule has 1 atom stereocenters. The van der Waals surface area contributed by atoms with Gasteiger partial charge in [0.2, 0.25) is 0 Å². The summed E-state index contributed by atoms with van der Waals surface area (Å²) in [5, 5.41) is 12.1. The number of nitrogens with one attached hydrogen (secondary N) is 1. The lowest BCUT2D eigenvalue weighted by atomic mass is 9.86. The third kappa shape index (κ3) is 5.25. The van der Waals surface area contributed by atoms with E-state index in [0.717, 1.165) is 11.1 Å². The van der Waals surface area contributed by atoms with E-state index in [4.69, 9.17) is 9.47 Å². The summed E-state index contributed by atoms with van der Waals surface area (Å²) in [5.41, 5.74) is 2.16. The SMILES string of the molecule is COc1ccc(C(=O)N[C@@H](CC(=O)O)c2ccc(C(C)(C)C)cc2)c(OC)c1. The molecule has 0 radical (unpaired) electrons. The number of amides is 1. The summed E-state index contributed by atoms with van der Waals surface area (Å²) < 4.78 is 10.4. The number of hydrogen-bond acceptors (Lipinski definition) is 4. The first kappa shape index (κ1) is 21.3. The highest BCUT2D eigenvalue weighted by molar-refractivity contribution is 5.97. The zero-order chi connectivity index (χ0) is 20.9. The fourth-order valence-corrected chi connectivity index (χ4v) is 2.86. The summed E-state index contributed by atoms with van der Waals surface area (Å²) in [5.74, 6) is -0.486. The first-order valence-corrected chi connectivity index (χ1v) is 9.01. The largest absolute Gasteiger partial charge is 0.497 e. The molecule has 0 bridgehead atoms. The summed E-state index contributed by atoms with van der Waals surface area (Å²) in [7, 11) is 2.99. The monoisotopic (exact) mass is 385 g/mol. The number of methoxy groups -OCH3 is 2. The Hall–Kier alpha value is -3.02. The molecular weight excluding hydrogens is 358 g/mol. The van der Waals surface area contributed by atoms with Crippen LogP contribution in [-0.4, -0.2) is 31.2 Å². The van der Waals surface area contributed by atoms with Gasteiger partial charge in [-0.05, 0) is 28.7 Å². The van der Waals surface area contributed by atoms with Crippen LogP contribution in [0.15, 0.2) is 42.5 Å². The molecule has 0 fully saturated rings. The van der Waals surface area contributed by atoms with Crippen LogP contribution in [0.4, 0.5) is 0 Å². The Kier molecular flexibility index (Phi) is 6.67. The number of hydrogen-bond donors (Lipinski definition) is 2. The Balaban J connectivity index is 2.29. The minimum atomic E-state index is -0.994. The second kappa shape index (κ2) is 8.78. The molecule has 0 aliphatic rings. The molecule has 0 aliphatic heterocycles. The van der Waals surface area contributed by atoms with Gasteiger partial charge in [-0.1, -0.05) is 45.0 Å². The first-order chi connectivity index (χ1) is 13.2. The number of carboxylic acids is 1. The van der Waals surface area contributed by atoms with Gasteiger partial charge in [0.1, 0.15) is 11.5 Å². The highest BCUT2D eigenvalue weighted by atomic mass is 16.5. The van der Waals surface area contributed by atoms with Crippen LogP contribution in [0.25, 0.3) is 0 Å². The molecule has 150 valence electrons. The first-order valence-electron chi connectivity index (χ1n) is 9.01. The number of ether oxygens (including phenoxy) is 2. The normalized spacial score (nSPS) is 12.2. The van der Waals surface area contributed by atoms with E-state index >= 15 is 0 Å². The van der Waals surface area contributed by atoms with Crippen molar-refractivity contribution in [1.29, 1.82) is 0 Å². The van der Waals surface area contributed by atoms with Crippen LogP contribution in [0.3, 0.4) is 0 Å². The predicted molar refractivity (Wildman–Crippen MR) is 107 cm³/mol. The van der Waals surface area contributed by atoms with Gasteiger partial charge >= 0.3 is 5.97 Å². The van der Waals surface area contributed by atoms with Gasteiger partial charge in [-0.25, -0.2) is 0 Å². The second-order valence-corrected chi connectivity index (χ2v) is 7.56. The van der Waals surface area contributed by atoms with Crippen molar-refractivity contribution in [2.75, 3.05) is 14.2 Å². The van der Waals surface area contributed by atoms with Crippen molar-refractivity contribution in [2.24, 2.45) is 0 Å². The lowest BCUT2D eigenvalue weighted by molar-refractivity contribution is -0.137. The molecule has 6 heteroatoms. The Morgan fingerprint density at radius 3 is 2.18 bits per heavy atom. The number of carboxylic acid groups (broad SMARTS) is 1. The van der Waals surface area contributed by atoms with Gasteiger partial charge in [0.05, 0.1) is 32.2 Å². The number of carbonyl (C=O) groups excluding carboxylic acids is 1. The third-order valence-corrected chi connectivity index (χ3v) is 4.52. The van der Waals surface area contributed by atoms with Crippen LogP contribution in [0.1, 0.15) is 54.7 Å². The van der Waals surface area contributed by atoms with E-state index in [9.17, 15) is 14.7 Å². The molecule has 2 rings (SSSR count). The van der Waals surface area contributed by atoms with Gasteiger partial charge < -0.3 is 19.9 Å². The van der Waals surface area contributed by atoms with E-state index in [1.165, 1.54) is 14.2 Å². The van der Waals surface area contributed by atoms with Gasteiger partial charge in [0, 0.05) is 6.07 Å². The van der Waals surface area contributed by atoms with Crippen LogP contribution in [0.2, 0.25) is 0 Å². The maximum atomic E-state index is 12.8. The zero-order valence-corrected chi connectivity index (χ0v) is 16.9. The van der Waals surface area contributed by atoms with Crippen molar-refractivity contribution < 1.29 is 24.2 Å². The van der Waals surface area contributed by atoms with Crippen LogP contribution in [-0.2, 0) is 10.2 Å². The predicted octanol–water partition coefficient (Wildman–Crippen LogP) is 3.95. The molecule has 0 saturated carbocycles. The Morgan fingerprint density at radius 1 is 1.04 bits per heavy atom. The summed E-state index contributed by atoms with van der Waals surface area (Å²) in [6, 6.07) is 11.8. The maximum absolute atomic E-state index is 12.8. The molecule has 0 heterocycles. The van der Waals surface area contributed by atoms with Crippen molar-refractivity contribution in [1.82, 2.24) is 5.32 Å². The highest BCUT2D eigenvalue weighted by Gasteiger charge is 2.22. The van der Waals surface area contributed by atoms with Gasteiger partial charge in [-0.3, -0.25) is 9.59 Å². The van der Waals surface area contributed by atoms with Crippen molar-refractivity contribution in [3.63, 3.8) is 0 Å². The lowest BCUT2D eigenvalue weighted by Crippen LogP contribution is -2.30. The molecule has 6 nitrogen and oxygen atoms in total. The van der Waals surface area contributed by atoms with E-state index in [1.807, 2.05) is 24.3 Å². The molecule has 0 saturated heterocycles. The topological polar surface area (TPSA) is 84.9 Å². The van der Waals surface area contributed by atoms with E-state index < -0.39 is 17.9 Å². The molecule has 28 heavy (non-hydrogen) atoms. The molecule has 0 unspecified atom stereocenters. The fourth-order valence-electron chi connectivity index (χ4n) is 2.86. The summed E-state index contributed by atoms with van der Waals surface area (Å²) in [6.07, 6.45) is -0.223. The minimum Gasteiger partial charge on any atom is -0.497 e. The van der Waals surface area contributed by atoms with Crippen molar-refractivity contribution in [3.8, 4) is 11.5 Å². The number of benzene rings is 2. The standard InChI is InChI=1S/C22H27NO5/c1-22(2,3)15-8-6-14(7-9-15)18(13-20(24)25)23-21(26)17-11-10-16(27-4)12-19(17)28-5/h6-12,18H,13H2,1-5H3,(H,23,26)(H,24,25)/t18-/m0/s1. The van der Waals surface area contributed by atoms with Gasteiger partial charge in [-0.2, -0.15) is 0 Å². The van der Waals surface area contributed by atoms with Gasteiger partial charge in [-0.15, -0.1) is 0 Å². The molecule has 1 amide bonds. The average Bonchev–Trinajstić information content (AvgIpc) is 2.65. The van der Waals surface area contributed by atoms with E-state index in [0.29, 0.717) is 17.1 Å². The van der Waals surface area contributed by atoms with Crippen molar-refractivity contribution in [2.45, 2.75) is 38.6 Å². The number of carbonyl (C=O) groups is 2. The summed E-state index contributed by atoms with van der Waals surface area (Å²) in [6.45, 7) is 6.32. The number of rotatable bonds is 7. The molecule has 2 aromatic carbocycles. The average molecular weight is 385 g/mol. The van der Waals surface area contributed by atoms with Crippen LogP contribution in [0, 0.1) is 0 Å². The van der Waals surface area contributed by atoms with Crippen molar-refractivity contribution >= 4 is 11.9 Å². The molecule has 0 aliphatic carbocycles. The highest BCUT2D eigenvalue weighted by Crippen LogP contribution is 2.27. The molecule has 0 aromatic heterocycles. The Morgan fingerprint density at radius 2 is 1.68 bits per heavy atom. The number of aliphatic carboxylic acids is 1. The third-order valence-electron chi connectivity index (χ3n) is 4.52. The van der Waals surface area contributed by atoms with E-state index in [1.54, 1.807) is 18.2 Å². The molecule has 2 aromatic rings. The van der Waals surface area contributed by atoms with E-state index in [-0.39, 0.29) is 11.8 Å². The Labute approximate surface area is 165 Å². The van der Waals surface area contributed by atoms with Crippen molar-refractivity contribution in [3.05, 3.63) is 59.2 Å². The second-order valence-electron chi connectivity index (χ2n) is 7.56. The smallest absolute Gasteiger partial charge is 0.305 e. The molecular formula is C22H27NO5. The van der Waals surface area contributed by atoms with Crippen LogP contribution >= 0.6 is 0 Å². The zero-order valence-electron chi connectivity index (χ0n) is 16.9. The van der Waals surface area contributed by atoms with E-state index in [2.05, 4.69) is 26.1 Å². The van der Waals surface area contributed by atoms with Crippen LogP contribution < -0.4 is 14.8 Å². The maximum Gasteiger partial charge on any atom is 0.305 e. The van der Waals surface area contributed by atoms with Gasteiger partial charge in [0.15, 0.2) is 0 Å². The Bertz CT molecular complexity index is 837. The summed E-state index contributed by atoms with van der Waals surface area (Å²) >= 11 is 0. The quantitative estimate of drug-likeness (QED) is 0.754. The molecule has 2 N–H and O–H groups in total. The lowest BCUT2D eigenvalue weighted by Gasteiger charge is -2.22. The van der Waals surface area contributed by atoms with Gasteiger partial charge in [0.25, 0.3) is 5.91 Å². The molecule has 0 spiro atoms.